The molecule has 1 N–H and O–H groups in total. The van der Waals surface area contributed by atoms with Gasteiger partial charge in [-0.15, -0.1) is 0 Å². The van der Waals surface area contributed by atoms with Crippen molar-refractivity contribution < 1.29 is 195 Å². The summed E-state index contributed by atoms with van der Waals surface area (Å²) in [6, 6.07) is 9.38. The normalized spacial score (nSPS) is 38.9. The molecule has 0 unspecified atom stereocenters. The van der Waals surface area contributed by atoms with E-state index in [9.17, 15) is 53.1 Å². The van der Waals surface area contributed by atoms with Gasteiger partial charge in [-0.1, -0.05) is 30.3 Å². The van der Waals surface area contributed by atoms with Gasteiger partial charge in [0.2, 0.25) is 0 Å². The third kappa shape index (κ3) is 22.4. The van der Waals surface area contributed by atoms with Crippen LogP contribution < -0.4 is 0 Å². The van der Waals surface area contributed by atoms with Crippen LogP contribution >= 0.6 is 0 Å². The Kier molecular flexibility index (Phi) is 29.0. The average Bonchev–Trinajstić information content (AvgIpc) is 1.57. The van der Waals surface area contributed by atoms with Crippen LogP contribution in [-0.2, 0) is 197 Å². The van der Waals surface area contributed by atoms with Gasteiger partial charge >= 0.3 is 59.7 Å². The molecule has 10 saturated heterocycles. The molecule has 116 heavy (non-hydrogen) atoms. The number of benzene rings is 1. The Balaban J connectivity index is 0.863. The molecule has 10 heterocycles. The van der Waals surface area contributed by atoms with Crippen LogP contribution in [-0.4, -0.2) is 312 Å². The van der Waals surface area contributed by atoms with Crippen LogP contribution in [0.5, 0.6) is 0 Å². The molecule has 650 valence electrons. The Bertz CT molecular complexity index is 3630. The summed E-state index contributed by atoms with van der Waals surface area (Å²) < 4.78 is 186. The van der Waals surface area contributed by atoms with E-state index < -0.39 is 300 Å². The summed E-state index contributed by atoms with van der Waals surface area (Å²) >= 11 is 0. The van der Waals surface area contributed by atoms with Crippen LogP contribution in [0, 0.1) is 0 Å². The van der Waals surface area contributed by atoms with Crippen molar-refractivity contribution in [3.05, 3.63) is 35.9 Å². The highest BCUT2D eigenvalue weighted by Gasteiger charge is 2.65. The summed E-state index contributed by atoms with van der Waals surface area (Å²) in [5.74, 6) is -14.2. The summed E-state index contributed by atoms with van der Waals surface area (Å²) in [4.78, 5) is 129. The van der Waals surface area contributed by atoms with Crippen molar-refractivity contribution in [3.8, 4) is 0 Å². The topological polar surface area (TPSA) is 468 Å². The van der Waals surface area contributed by atoms with E-state index in [4.69, 9.17) is 142 Å². The van der Waals surface area contributed by atoms with E-state index in [1.54, 1.807) is 55.4 Å². The maximum absolute atomic E-state index is 13.3. The van der Waals surface area contributed by atoms with Crippen molar-refractivity contribution in [2.45, 2.75) is 339 Å². The maximum atomic E-state index is 13.3. The molecule has 1 aromatic carbocycles. The minimum Gasteiger partial charge on any atom is -0.463 e. The second-order valence-corrected chi connectivity index (χ2v) is 30.9. The lowest BCUT2D eigenvalue weighted by molar-refractivity contribution is -0.349. The zero-order chi connectivity index (χ0) is 84.4. The summed E-state index contributed by atoms with van der Waals surface area (Å²) in [5, 5.41) is 12.1. The molecular weight excluding hydrogens is 1560 g/mol. The summed E-state index contributed by atoms with van der Waals surface area (Å²) in [7, 11) is 0. The van der Waals surface area contributed by atoms with Gasteiger partial charge in [-0.3, -0.25) is 47.9 Å². The van der Waals surface area contributed by atoms with Crippen LogP contribution in [0.25, 0.3) is 0 Å². The standard InChI is InChI=1S/C75H104O41/c1-31(76)87-25-42-50(95-33(3)78)56(98-36(6)81)62(100-38(8)83)68(104-42)91-27-43-49(94-32(2)77)55(97-35(5)80)48(86)66(103-43)89-26-44-51(96-34(4)79)57(99-37(7)82)63(101-39(9)84)69(105-44)92-29-46-53-59(113-73(13,14)110-53)64(102-40(10)85)70(107-46)93-28-45-52-58(112-72(11,12)109-52)61(88-24-41-22-20-19-21-23-41)67(106-45)90-30-47-54-60(114-74(15,16)111-54)65-71(108-47)116-75(17,18)115-65/h19-23,42-71,86H,24-30H2,1-18H3/t42-,43-,44-,45-,46-,47-,48-,49+,50+,51+,52+,53+,54+,55-,56+,57+,58+,59+,60+,61-,62-,63-,64-,65-,66-,67-,68-,69-,70-,71-/m1/s1. The average molecular weight is 1660 g/mol. The fraction of sp³-hybridized carbons (Fsp3) is 0.787. The molecule has 0 spiro atoms. The Hall–Kier alpha value is -6.92. The quantitative estimate of drug-likeness (QED) is 0.0864. The summed E-state index contributed by atoms with van der Waals surface area (Å²) in [6.45, 7) is 20.4. The number of carbonyl (C=O) groups is 10. The first-order chi connectivity index (χ1) is 54.5. The highest BCUT2D eigenvalue weighted by atomic mass is 16.9. The van der Waals surface area contributed by atoms with Crippen molar-refractivity contribution in [1.29, 1.82) is 0 Å². The second kappa shape index (κ2) is 37.4. The number of ether oxygens (including phenoxy) is 30. The smallest absolute Gasteiger partial charge is 0.303 e. The van der Waals surface area contributed by atoms with E-state index in [1.807, 2.05) is 30.3 Å². The van der Waals surface area contributed by atoms with Gasteiger partial charge in [-0.05, 0) is 61.0 Å². The third-order valence-electron chi connectivity index (χ3n) is 19.5. The number of esters is 10. The molecule has 1 aromatic rings. The van der Waals surface area contributed by atoms with Gasteiger partial charge in [0.05, 0.1) is 39.6 Å². The third-order valence-corrected chi connectivity index (χ3v) is 19.5. The largest absolute Gasteiger partial charge is 0.463 e. The Labute approximate surface area is 666 Å². The molecule has 10 fully saturated rings. The van der Waals surface area contributed by atoms with E-state index in [-0.39, 0.29) is 13.2 Å². The molecule has 10 aliphatic rings. The number of aliphatic hydroxyl groups excluding tert-OH is 1. The molecule has 0 bridgehead atoms. The van der Waals surface area contributed by atoms with E-state index in [0.717, 1.165) is 74.8 Å². The lowest BCUT2D eigenvalue weighted by Gasteiger charge is -2.47. The monoisotopic (exact) mass is 1660 g/mol. The van der Waals surface area contributed by atoms with Crippen molar-refractivity contribution >= 4 is 59.7 Å². The van der Waals surface area contributed by atoms with Crippen LogP contribution in [0.1, 0.15) is 130 Å². The lowest BCUT2D eigenvalue weighted by Crippen LogP contribution is -2.65. The first-order valence-electron chi connectivity index (χ1n) is 38.0. The molecule has 41 nitrogen and oxygen atoms in total. The minimum atomic E-state index is -2.12. The summed E-state index contributed by atoms with van der Waals surface area (Å²) in [6.07, 6.45) is -42.7. The summed E-state index contributed by atoms with van der Waals surface area (Å²) in [5.41, 5.74) is 0.821. The predicted octanol–water partition coefficient (Wildman–Crippen LogP) is 1.03. The van der Waals surface area contributed by atoms with E-state index >= 15 is 0 Å². The lowest BCUT2D eigenvalue weighted by atomic mass is 9.96. The molecule has 0 saturated carbocycles. The van der Waals surface area contributed by atoms with E-state index in [2.05, 4.69) is 0 Å². The molecule has 0 radical (unpaired) electrons. The van der Waals surface area contributed by atoms with Crippen molar-refractivity contribution in [3.63, 3.8) is 0 Å². The van der Waals surface area contributed by atoms with Crippen LogP contribution in [0.3, 0.4) is 0 Å². The number of carbonyl (C=O) groups excluding carboxylic acids is 10. The zero-order valence-electron chi connectivity index (χ0n) is 67.4. The molecule has 10 aliphatic heterocycles. The molecule has 11 rings (SSSR count). The Morgan fingerprint density at radius 1 is 0.284 bits per heavy atom. The van der Waals surface area contributed by atoms with Crippen LogP contribution in [0.15, 0.2) is 30.3 Å². The van der Waals surface area contributed by atoms with E-state index in [1.165, 1.54) is 0 Å². The number of aliphatic hydroxyl groups is 1. The van der Waals surface area contributed by atoms with Gasteiger partial charge in [0, 0.05) is 69.2 Å². The van der Waals surface area contributed by atoms with Gasteiger partial charge in [-0.25, -0.2) is 0 Å². The maximum Gasteiger partial charge on any atom is 0.303 e. The first kappa shape index (κ1) is 89.9. The first-order valence-corrected chi connectivity index (χ1v) is 38.0. The number of hydrogen-bond acceptors (Lipinski definition) is 41. The highest BCUT2D eigenvalue weighted by Crippen LogP contribution is 2.47. The fourth-order valence-corrected chi connectivity index (χ4v) is 15.5. The number of fused-ring (bicyclic) bond motifs is 5. The van der Waals surface area contributed by atoms with Gasteiger partial charge in [-0.2, -0.15) is 0 Å². The van der Waals surface area contributed by atoms with Crippen molar-refractivity contribution in [1.82, 2.24) is 0 Å². The molecule has 41 heteroatoms. The van der Waals surface area contributed by atoms with Gasteiger partial charge in [0.15, 0.2) is 116 Å². The molecular formula is C75H104O41. The van der Waals surface area contributed by atoms with Crippen LogP contribution in [0.2, 0.25) is 0 Å². The van der Waals surface area contributed by atoms with Gasteiger partial charge in [0.25, 0.3) is 0 Å². The fourth-order valence-electron chi connectivity index (χ4n) is 15.5. The number of rotatable bonds is 29. The number of hydrogen-bond donors (Lipinski definition) is 1. The van der Waals surface area contributed by atoms with Crippen molar-refractivity contribution in [2.75, 3.05) is 39.6 Å². The SMILES string of the molecule is CC(=O)OC[C@H]1O[C@@H](OC[C@H]2O[C@@H](OC[C@H]3O[C@@H](OC[C@H]4O[C@@H](OC[C@H]5O[C@@H](OC[C@H]6O[C@@H]7OC(C)(C)O[C@@H]7[C@H]7OC(C)(C)O[C@H]76)[C@H](OCc6ccccc6)[C@H]6OC(C)(C)O[C@H]65)[C@H](OC(C)=O)[C@H]5OC(C)(C)O[C@H]54)[C@H](OC(C)=O)[C@@H](OC(C)=O)[C@H]3OC(C)=O)[C@H](O)[C@@H](OC(C)=O)[C@H]2OC(C)=O)[C@H](OC(C)=O)[C@@H](OC(C)=O)[C@H]1OC(C)=O. The molecule has 0 amide bonds. The van der Waals surface area contributed by atoms with Gasteiger partial charge < -0.3 is 147 Å². The molecule has 0 aromatic heterocycles. The van der Waals surface area contributed by atoms with E-state index in [0.29, 0.717) is 0 Å². The Morgan fingerprint density at radius 2 is 0.578 bits per heavy atom. The second-order valence-electron chi connectivity index (χ2n) is 30.9. The highest BCUT2D eigenvalue weighted by molar-refractivity contribution is 5.70. The molecule has 0 aliphatic carbocycles. The van der Waals surface area contributed by atoms with Crippen molar-refractivity contribution in [2.24, 2.45) is 0 Å². The zero-order valence-corrected chi connectivity index (χ0v) is 67.4. The Morgan fingerprint density at radius 3 is 1.02 bits per heavy atom. The predicted molar refractivity (Wildman–Crippen MR) is 371 cm³/mol. The van der Waals surface area contributed by atoms with Crippen LogP contribution in [0.4, 0.5) is 0 Å². The molecule has 30 atom stereocenters. The van der Waals surface area contributed by atoms with Gasteiger partial charge in [0.1, 0.15) is 98.2 Å². The minimum absolute atomic E-state index is 0.0856.